The molecule has 2 aromatic carbocycles. The number of halogens is 1. The summed E-state index contributed by atoms with van der Waals surface area (Å²) in [5.41, 5.74) is 12.2. The third-order valence-corrected chi connectivity index (χ3v) is 17.3. The van der Waals surface area contributed by atoms with Gasteiger partial charge in [0.1, 0.15) is 25.1 Å². The fourth-order valence-electron chi connectivity index (χ4n) is 8.95. The highest BCUT2D eigenvalue weighted by Gasteiger charge is 2.35. The van der Waals surface area contributed by atoms with Crippen molar-refractivity contribution in [2.45, 2.75) is 95.3 Å². The smallest absolute Gasteiger partial charge is 0.304 e. The molecule has 0 aromatic heterocycles. The number of aliphatic carboxylic acids is 1. The van der Waals surface area contributed by atoms with Crippen LogP contribution in [-0.2, 0) is 83.1 Å². The molecule has 13 N–H and O–H groups in total. The Morgan fingerprint density at radius 2 is 1.28 bits per heavy atom. The quantitative estimate of drug-likeness (QED) is 0.0160. The minimum Gasteiger partial charge on any atom is -0.481 e. The van der Waals surface area contributed by atoms with Gasteiger partial charge in [0.2, 0.25) is 41.4 Å². The summed E-state index contributed by atoms with van der Waals surface area (Å²) in [6, 6.07) is 8.97. The molecule has 2 heterocycles. The Balaban J connectivity index is 1.44. The number of thioether (sulfide) groups is 1. The summed E-state index contributed by atoms with van der Waals surface area (Å²) in [5.74, 6) is -14.6. The number of fused-ring (bicyclic) bond motifs is 5. The van der Waals surface area contributed by atoms with E-state index in [9.17, 15) is 71.8 Å². The number of carboxylic acid groups (broad SMARTS) is 1. The molecule has 2 saturated heterocycles. The number of hydrogen-bond donors (Lipinski definition) is 11. The average molecular weight is 1340 g/mol. The normalized spacial score (nSPS) is 21.2. The number of hydrogen-bond acceptors (Lipinski definition) is 21. The predicted molar refractivity (Wildman–Crippen MR) is 340 cm³/mol. The zero-order valence-electron chi connectivity index (χ0n) is 50.9. The van der Waals surface area contributed by atoms with E-state index in [0.29, 0.717) is 11.1 Å². The Morgan fingerprint density at radius 3 is 1.91 bits per heavy atom. The Labute approximate surface area is 543 Å². The number of carbonyl (C=O) groups is 13. The topological polar surface area (TPSA) is 443 Å². The number of ether oxygens (including phenoxy) is 2. The number of unbranched alkanes of at least 4 members (excludes halogenated alkanes) is 1. The first-order valence-corrected chi connectivity index (χ1v) is 33.3. The van der Waals surface area contributed by atoms with Gasteiger partial charge in [-0.15, -0.1) is 11.8 Å². The summed E-state index contributed by atoms with van der Waals surface area (Å²) in [7, 11) is 2.00. The second-order valence-electron chi connectivity index (χ2n) is 21.3. The van der Waals surface area contributed by atoms with E-state index in [1.165, 1.54) is 37.4 Å². The maximum Gasteiger partial charge on any atom is 0.304 e. The van der Waals surface area contributed by atoms with E-state index in [-0.39, 0.29) is 113 Å². The molecule has 0 spiro atoms. The van der Waals surface area contributed by atoms with E-state index in [2.05, 4.69) is 52.7 Å². The van der Waals surface area contributed by atoms with Crippen LogP contribution < -0.4 is 54.0 Å². The van der Waals surface area contributed by atoms with Crippen molar-refractivity contribution in [3.05, 3.63) is 71.5 Å². The van der Waals surface area contributed by atoms with Crippen molar-refractivity contribution in [1.29, 1.82) is 0 Å². The second kappa shape index (κ2) is 42.9. The average Bonchev–Trinajstić information content (AvgIpc) is 2.56. The van der Waals surface area contributed by atoms with Gasteiger partial charge in [0, 0.05) is 74.5 Å². The van der Waals surface area contributed by atoms with E-state index in [4.69, 9.17) is 25.8 Å². The van der Waals surface area contributed by atoms with Crippen LogP contribution in [0.4, 0.5) is 4.39 Å². The van der Waals surface area contributed by atoms with Gasteiger partial charge in [0.05, 0.1) is 62.2 Å². The number of guanidine groups is 1. The molecule has 2 bridgehead atoms. The summed E-state index contributed by atoms with van der Waals surface area (Å²) >= 11 is 0.966. The maximum atomic E-state index is 14.5. The number of Topliss-reactive ketones (excluding diaryl/α,β-unsaturated/α-hetero) is 4. The molecule has 33 heteroatoms. The molecular weight excluding hydrogens is 1260 g/mol. The lowest BCUT2D eigenvalue weighted by atomic mass is 9.90. The largest absolute Gasteiger partial charge is 0.481 e. The number of benzene rings is 2. The van der Waals surface area contributed by atoms with Gasteiger partial charge in [-0.3, -0.25) is 67.3 Å². The molecule has 4 rings (SSSR count). The first-order chi connectivity index (χ1) is 44.1. The number of carbonyl (C=O) groups excluding carboxylic acids is 12. The standard InChI is InChI=1S/C59H81FN12O17S3/c1-36(73)45-32-90-35-53(80)69-44(11-5-6-16-63-50(77)29-88-30-51(78)64-18-20-87-21-19-65-52(79)31-89-68-27-38-12-14-42(60)15-13-38)58(86)72-47-34-92-91-33-46(49(76)25-40(56(84)70-45)22-37-8-3-2-4-9-37)71-57(85)41(26-54(81)82)23-43(74)28-67-55(83)39(24-48(47)75)10-7-17-66-59(61)62/h2-4,8-9,12-15,27,39-41,44-47H,5-7,10-11,16-26,28-35H2,1H3,(H,63,77)(H,64,78)(H,65,79)(H,67,83)(H,69,80)(H,70,84)(H,71,85)(H,72,86)(H,81,82)(H4,61,62,66)/b68-27+/t39-,40-,41+,44+,45+,46+,47+/m1/s1/i60-1. The molecule has 0 unspecified atom stereocenters. The van der Waals surface area contributed by atoms with Crippen LogP contribution in [0, 0.1) is 23.6 Å². The van der Waals surface area contributed by atoms with Crippen molar-refractivity contribution in [2.75, 3.05) is 88.8 Å². The second-order valence-corrected chi connectivity index (χ2v) is 24.9. The predicted octanol–water partition coefficient (Wildman–Crippen LogP) is -0.988. The SMILES string of the molecule is CC(=O)[C@@H]1CSCC(=O)N[C@@H](CCCCNC(=O)COCC(=O)NCCOCCNC(=O)CO/N=C/c2ccc([18F])cc2)C(=O)N[C@H]2CSSC[C@H](NC(=O)[C@H](CC(=O)O)CC(=O)CNC(=O)[C@H](CCCN=C(N)N)CC2=O)C(=O)C[C@@H](Cc2ccccc2)C(=O)N1. The van der Waals surface area contributed by atoms with Gasteiger partial charge < -0.3 is 73.4 Å². The first-order valence-electron chi connectivity index (χ1n) is 29.6. The Bertz CT molecular complexity index is 2890. The number of oxime groups is 1. The Morgan fingerprint density at radius 1 is 0.674 bits per heavy atom. The van der Waals surface area contributed by atoms with Crippen LogP contribution in [0.25, 0.3) is 0 Å². The zero-order chi connectivity index (χ0) is 67.2. The summed E-state index contributed by atoms with van der Waals surface area (Å²) in [4.78, 5) is 183. The molecule has 92 heavy (non-hydrogen) atoms. The molecule has 0 radical (unpaired) electrons. The monoisotopic (exact) mass is 1340 g/mol. The number of carboxylic acids is 1. The fraction of sp³-hybridized carbons (Fsp3) is 0.542. The highest BCUT2D eigenvalue weighted by molar-refractivity contribution is 8.76. The van der Waals surface area contributed by atoms with Gasteiger partial charge in [-0.2, -0.15) is 0 Å². The number of aliphatic imine (C=N–C) groups is 1. The van der Waals surface area contributed by atoms with Gasteiger partial charge in [-0.1, -0.05) is 69.2 Å². The van der Waals surface area contributed by atoms with Crippen molar-refractivity contribution < 1.29 is 86.1 Å². The molecule has 2 aliphatic rings. The van der Waals surface area contributed by atoms with E-state index < -0.39 is 170 Å². The summed E-state index contributed by atoms with van der Waals surface area (Å²) in [6.07, 6.45) is -0.473. The van der Waals surface area contributed by atoms with Crippen LogP contribution in [0.1, 0.15) is 75.8 Å². The molecule has 504 valence electrons. The number of ketones is 4. The zero-order valence-corrected chi connectivity index (χ0v) is 53.4. The summed E-state index contributed by atoms with van der Waals surface area (Å²) in [6.45, 7) is -0.106. The molecule has 0 aliphatic carbocycles. The van der Waals surface area contributed by atoms with Crippen LogP contribution in [0.15, 0.2) is 64.7 Å². The number of rotatable bonds is 28. The van der Waals surface area contributed by atoms with Crippen LogP contribution >= 0.6 is 33.3 Å². The van der Waals surface area contributed by atoms with Gasteiger partial charge >= 0.3 is 5.97 Å². The molecular formula is C59H81FN12O17S3. The lowest BCUT2D eigenvalue weighted by molar-refractivity contribution is -0.142. The molecule has 29 nitrogen and oxygen atoms in total. The van der Waals surface area contributed by atoms with Crippen molar-refractivity contribution in [1.82, 2.24) is 42.5 Å². The molecule has 2 aliphatic heterocycles. The Hall–Kier alpha value is -8.01. The van der Waals surface area contributed by atoms with E-state index in [1.54, 1.807) is 30.3 Å². The molecule has 7 atom stereocenters. The van der Waals surface area contributed by atoms with Crippen molar-refractivity contribution in [3.8, 4) is 0 Å². The third-order valence-electron chi connectivity index (χ3n) is 13.8. The van der Waals surface area contributed by atoms with E-state index in [1.807, 2.05) is 0 Å². The van der Waals surface area contributed by atoms with Gasteiger partial charge in [0.15, 0.2) is 35.7 Å². The van der Waals surface area contributed by atoms with Crippen LogP contribution in [0.2, 0.25) is 0 Å². The fourth-order valence-corrected chi connectivity index (χ4v) is 12.3. The molecule has 2 fully saturated rings. The molecule has 8 amide bonds. The lowest BCUT2D eigenvalue weighted by Gasteiger charge is -2.26. The molecule has 0 saturated carbocycles. The number of nitrogens with one attached hydrogen (secondary N) is 8. The minimum absolute atomic E-state index is 0.0106. The molecule has 2 aromatic rings. The lowest BCUT2D eigenvalue weighted by Crippen LogP contribution is -2.53. The number of amides is 8. The van der Waals surface area contributed by atoms with Gasteiger partial charge in [-0.25, -0.2) is 4.39 Å². The highest BCUT2D eigenvalue weighted by atomic mass is 33.1. The minimum atomic E-state index is -1.51. The maximum absolute atomic E-state index is 14.5. The van der Waals surface area contributed by atoms with Crippen molar-refractivity contribution in [3.63, 3.8) is 0 Å². The van der Waals surface area contributed by atoms with Crippen LogP contribution in [-0.4, -0.2) is 207 Å². The number of nitrogens with two attached hydrogens (primary N) is 2. The van der Waals surface area contributed by atoms with E-state index in [0.717, 1.165) is 33.3 Å². The van der Waals surface area contributed by atoms with Crippen LogP contribution in [0.5, 0.6) is 0 Å². The summed E-state index contributed by atoms with van der Waals surface area (Å²) < 4.78 is 23.7. The summed E-state index contributed by atoms with van der Waals surface area (Å²) in [5, 5.41) is 34.5. The number of nitrogens with zero attached hydrogens (tertiary/aromatic N) is 2. The van der Waals surface area contributed by atoms with Gasteiger partial charge in [0.25, 0.3) is 5.91 Å². The van der Waals surface area contributed by atoms with Crippen molar-refractivity contribution in [2.24, 2.45) is 39.4 Å². The van der Waals surface area contributed by atoms with Crippen molar-refractivity contribution >= 4 is 122 Å². The first kappa shape index (κ1) is 76.4. The van der Waals surface area contributed by atoms with Crippen LogP contribution in [0.3, 0.4) is 0 Å². The van der Waals surface area contributed by atoms with Gasteiger partial charge in [-0.05, 0) is 68.7 Å². The third kappa shape index (κ3) is 31.8. The highest BCUT2D eigenvalue weighted by Crippen LogP contribution is 2.27. The van der Waals surface area contributed by atoms with E-state index >= 15 is 0 Å². The Kier molecular flexibility index (Phi) is 35.7.